The number of allylic oxidation sites excluding steroid dienone is 1. The Hall–Kier alpha value is -4.95. The largest absolute Gasteiger partial charge is 0.466 e. The van der Waals surface area contributed by atoms with E-state index in [1.165, 1.54) is 0 Å². The van der Waals surface area contributed by atoms with Crippen LogP contribution in [0.15, 0.2) is 83.3 Å². The van der Waals surface area contributed by atoms with Gasteiger partial charge < -0.3 is 19.9 Å². The van der Waals surface area contributed by atoms with E-state index < -0.39 is 46.8 Å². The van der Waals surface area contributed by atoms with E-state index >= 15 is 0 Å². The number of methoxy groups -OCH3 is 2. The minimum absolute atomic E-state index is 0.182. The van der Waals surface area contributed by atoms with E-state index in [-0.39, 0.29) is 22.6 Å². The first-order chi connectivity index (χ1) is 20.3. The van der Waals surface area contributed by atoms with E-state index in [0.29, 0.717) is 27.8 Å². The number of nitrogens with two attached hydrogens (primary N) is 1. The Kier molecular flexibility index (Phi) is 8.73. The number of carbonyl (C=O) groups is 2. The molecule has 1 aliphatic heterocycles. The van der Waals surface area contributed by atoms with Crippen molar-refractivity contribution in [2.75, 3.05) is 19.1 Å². The molecule has 0 fully saturated rings. The van der Waals surface area contributed by atoms with Gasteiger partial charge in [-0.1, -0.05) is 41.9 Å². The van der Waals surface area contributed by atoms with Gasteiger partial charge in [-0.2, -0.15) is 18.4 Å². The molecule has 1 atom stereocenters. The third-order valence-electron chi connectivity index (χ3n) is 6.78. The minimum Gasteiger partial charge on any atom is -0.466 e. The number of hydrogen-bond donors (Lipinski definition) is 1. The van der Waals surface area contributed by atoms with E-state index in [9.17, 15) is 28.0 Å². The maximum atomic E-state index is 14.0. The predicted octanol–water partition coefficient (Wildman–Crippen LogP) is 6.67. The number of benzene rings is 3. The molecule has 0 saturated heterocycles. The topological polar surface area (TPSA) is 115 Å². The fourth-order valence-electron chi connectivity index (χ4n) is 4.81. The van der Waals surface area contributed by atoms with Gasteiger partial charge in [0.1, 0.15) is 17.3 Å². The number of hydrogen-bond acceptors (Lipinski definition) is 8. The fraction of sp³-hybridized carbons (Fsp3) is 0.194. The average Bonchev–Trinajstić information content (AvgIpc) is 2.98. The summed E-state index contributed by atoms with van der Waals surface area (Å²) in [6.45, 7) is 3.45. The van der Waals surface area contributed by atoms with Gasteiger partial charge >= 0.3 is 18.1 Å². The zero-order valence-electron chi connectivity index (χ0n) is 23.4. The van der Waals surface area contributed by atoms with Gasteiger partial charge in [0.2, 0.25) is 0 Å². The van der Waals surface area contributed by atoms with Crippen LogP contribution in [0.3, 0.4) is 0 Å². The van der Waals surface area contributed by atoms with Crippen LogP contribution < -0.4 is 15.4 Å². The third kappa shape index (κ3) is 5.87. The van der Waals surface area contributed by atoms with Crippen LogP contribution in [0.2, 0.25) is 5.02 Å². The lowest BCUT2D eigenvalue weighted by Gasteiger charge is -2.36. The van der Waals surface area contributed by atoms with Crippen LogP contribution in [0.4, 0.5) is 18.9 Å². The van der Waals surface area contributed by atoms with Crippen molar-refractivity contribution in [3.05, 3.63) is 111 Å². The zero-order chi connectivity index (χ0) is 31.6. The van der Waals surface area contributed by atoms with Gasteiger partial charge in [0.05, 0.1) is 48.6 Å². The van der Waals surface area contributed by atoms with E-state index in [4.69, 9.17) is 31.5 Å². The van der Waals surface area contributed by atoms with Gasteiger partial charge in [0.25, 0.3) is 0 Å². The first kappa shape index (κ1) is 31.0. The molecule has 1 aliphatic rings. The van der Waals surface area contributed by atoms with Gasteiger partial charge in [-0.3, -0.25) is 4.90 Å². The molecule has 8 nitrogen and oxygen atoms in total. The Balaban J connectivity index is 2.09. The number of nitrogens with zero attached hydrogens (tertiary/aromatic N) is 2. The second-order valence-corrected chi connectivity index (χ2v) is 9.87. The van der Waals surface area contributed by atoms with E-state index in [1.807, 2.05) is 6.07 Å². The standard InChI is InChI=1S/C31H25ClF3N3O5/c1-16-12-20(13-17(2)26(16)32)43-23-11-10-19(31(33,34)35)14-22(23)38-27(30(40)42-4)25(29(39)41-3)24(21(15-36)28(38)37)18-8-6-5-7-9-18/h5-14,24H,37H2,1-4H3. The smallest absolute Gasteiger partial charge is 0.416 e. The molecule has 0 radical (unpaired) electrons. The van der Waals surface area contributed by atoms with Crippen LogP contribution in [0.1, 0.15) is 28.2 Å². The number of anilines is 1. The SMILES string of the molecule is COC(=O)C1=C(C(=O)OC)N(c2cc(C(F)(F)F)ccc2Oc2cc(C)c(Cl)c(C)c2)C(N)=C(C#N)C1c1ccccc1. The summed E-state index contributed by atoms with van der Waals surface area (Å²) in [7, 11) is 2.09. The summed E-state index contributed by atoms with van der Waals surface area (Å²) in [6.07, 6.45) is -4.82. The van der Waals surface area contributed by atoms with Crippen LogP contribution >= 0.6 is 11.6 Å². The first-order valence-corrected chi connectivity index (χ1v) is 13.0. The second-order valence-electron chi connectivity index (χ2n) is 9.49. The van der Waals surface area contributed by atoms with Crippen molar-refractivity contribution in [2.24, 2.45) is 5.73 Å². The van der Waals surface area contributed by atoms with Crippen molar-refractivity contribution < 1.29 is 37.0 Å². The number of alkyl halides is 3. The summed E-state index contributed by atoms with van der Waals surface area (Å²) >= 11 is 6.28. The normalized spacial score (nSPS) is 15.2. The van der Waals surface area contributed by atoms with Crippen LogP contribution in [0.25, 0.3) is 0 Å². The molecule has 3 aromatic carbocycles. The molecule has 1 heterocycles. The molecule has 0 aliphatic carbocycles. The van der Waals surface area contributed by atoms with Crippen molar-refractivity contribution in [1.29, 1.82) is 5.26 Å². The Morgan fingerprint density at radius 1 is 0.977 bits per heavy atom. The molecule has 0 amide bonds. The van der Waals surface area contributed by atoms with E-state index in [1.54, 1.807) is 56.3 Å². The highest BCUT2D eigenvalue weighted by atomic mass is 35.5. The van der Waals surface area contributed by atoms with Crippen LogP contribution in [0, 0.1) is 25.2 Å². The predicted molar refractivity (Wildman–Crippen MR) is 152 cm³/mol. The maximum absolute atomic E-state index is 14.0. The number of esters is 2. The molecular weight excluding hydrogens is 587 g/mol. The molecular formula is C31H25ClF3N3O5. The summed E-state index contributed by atoms with van der Waals surface area (Å²) in [6, 6.07) is 15.9. The number of carbonyl (C=O) groups excluding carboxylic acids is 2. The van der Waals surface area contributed by atoms with Crippen molar-refractivity contribution >= 4 is 29.2 Å². The Bertz CT molecular complexity index is 1690. The monoisotopic (exact) mass is 611 g/mol. The lowest BCUT2D eigenvalue weighted by Crippen LogP contribution is -2.41. The summed E-state index contributed by atoms with van der Waals surface area (Å²) in [5.74, 6) is -3.74. The Morgan fingerprint density at radius 2 is 1.58 bits per heavy atom. The van der Waals surface area contributed by atoms with E-state index in [2.05, 4.69) is 0 Å². The highest BCUT2D eigenvalue weighted by molar-refractivity contribution is 6.32. The molecule has 12 heteroatoms. The minimum atomic E-state index is -4.82. The number of halogens is 4. The number of rotatable bonds is 6. The number of nitriles is 1. The molecule has 2 N–H and O–H groups in total. The molecule has 0 aromatic heterocycles. The molecule has 0 saturated carbocycles. The molecule has 0 bridgehead atoms. The van der Waals surface area contributed by atoms with Crippen molar-refractivity contribution in [1.82, 2.24) is 0 Å². The zero-order valence-corrected chi connectivity index (χ0v) is 24.1. The highest BCUT2D eigenvalue weighted by Gasteiger charge is 2.44. The summed E-state index contributed by atoms with van der Waals surface area (Å²) in [4.78, 5) is 27.6. The van der Waals surface area contributed by atoms with Crippen molar-refractivity contribution in [2.45, 2.75) is 25.9 Å². The molecule has 1 unspecified atom stereocenters. The van der Waals surface area contributed by atoms with Gasteiger partial charge in [0, 0.05) is 5.02 Å². The summed E-state index contributed by atoms with van der Waals surface area (Å²) in [5.41, 5.74) is 5.55. The first-order valence-electron chi connectivity index (χ1n) is 12.6. The van der Waals surface area contributed by atoms with Crippen molar-refractivity contribution in [3.63, 3.8) is 0 Å². The lowest BCUT2D eigenvalue weighted by molar-refractivity contribution is -0.139. The van der Waals surface area contributed by atoms with E-state index in [0.717, 1.165) is 31.3 Å². The summed E-state index contributed by atoms with van der Waals surface area (Å²) in [5, 5.41) is 10.7. The molecule has 3 aromatic rings. The quantitative estimate of drug-likeness (QED) is 0.308. The maximum Gasteiger partial charge on any atom is 0.416 e. The molecule has 4 rings (SSSR count). The number of ether oxygens (including phenoxy) is 3. The Labute approximate surface area is 250 Å². The van der Waals surface area contributed by atoms with Crippen molar-refractivity contribution in [3.8, 4) is 17.6 Å². The van der Waals surface area contributed by atoms with Crippen LogP contribution in [-0.2, 0) is 25.2 Å². The average molecular weight is 612 g/mol. The molecule has 0 spiro atoms. The van der Waals surface area contributed by atoms with Gasteiger partial charge in [-0.15, -0.1) is 0 Å². The van der Waals surface area contributed by atoms with Gasteiger partial charge in [0.15, 0.2) is 5.75 Å². The van der Waals surface area contributed by atoms with Crippen LogP contribution in [-0.4, -0.2) is 26.2 Å². The van der Waals surface area contributed by atoms with Gasteiger partial charge in [-0.25, -0.2) is 9.59 Å². The van der Waals surface area contributed by atoms with Crippen LogP contribution in [0.5, 0.6) is 11.5 Å². The molecule has 222 valence electrons. The lowest BCUT2D eigenvalue weighted by atomic mass is 9.81. The highest BCUT2D eigenvalue weighted by Crippen LogP contribution is 2.47. The summed E-state index contributed by atoms with van der Waals surface area (Å²) < 4.78 is 58.0. The molecule has 43 heavy (non-hydrogen) atoms. The fourth-order valence-corrected chi connectivity index (χ4v) is 4.92. The van der Waals surface area contributed by atoms with Gasteiger partial charge in [-0.05, 0) is 60.9 Å². The Morgan fingerprint density at radius 3 is 2.12 bits per heavy atom. The second kappa shape index (κ2) is 12.1. The number of aryl methyl sites for hydroxylation is 2. The third-order valence-corrected chi connectivity index (χ3v) is 7.37.